The van der Waals surface area contributed by atoms with Gasteiger partial charge in [-0.15, -0.1) is 0 Å². The number of nitrogens with one attached hydrogen (secondary N) is 1. The summed E-state index contributed by atoms with van der Waals surface area (Å²) in [5.74, 6) is -0.609. The van der Waals surface area contributed by atoms with Gasteiger partial charge in [0.1, 0.15) is 5.82 Å². The second kappa shape index (κ2) is 7.96. The summed E-state index contributed by atoms with van der Waals surface area (Å²) in [6.45, 7) is 1.82. The molecular weight excluding hydrogens is 357 g/mol. The molecule has 1 fully saturated rings. The molecule has 6 heteroatoms. The van der Waals surface area contributed by atoms with Crippen LogP contribution in [0.2, 0.25) is 5.02 Å². The number of benzene rings is 2. The van der Waals surface area contributed by atoms with E-state index in [0.717, 1.165) is 31.2 Å². The highest BCUT2D eigenvalue weighted by Crippen LogP contribution is 2.34. The highest BCUT2D eigenvalue weighted by atomic mass is 35.5. The molecule has 2 aromatic carbocycles. The van der Waals surface area contributed by atoms with Gasteiger partial charge in [-0.1, -0.05) is 23.7 Å². The Bertz CT molecular complexity index is 799. The Morgan fingerprint density at radius 3 is 2.62 bits per heavy atom. The molecule has 3 rings (SSSR count). The van der Waals surface area contributed by atoms with Gasteiger partial charge in [-0.25, -0.2) is 4.39 Å². The van der Waals surface area contributed by atoms with Crippen LogP contribution in [0.25, 0.3) is 0 Å². The molecule has 1 saturated carbocycles. The van der Waals surface area contributed by atoms with Crippen LogP contribution in [0.4, 0.5) is 10.1 Å². The standard InChI is InChI=1S/C20H21ClFNO3/c1-12-6-5-9-15(21)19(12)23-20(24)14-10-18(17(25-2)11-16(14)22)26-13-7-3-4-8-13/h5-6,9-11,13H,3-4,7-8H2,1-2H3,(H,23,24). The third-order valence-corrected chi connectivity index (χ3v) is 4.87. The van der Waals surface area contributed by atoms with Crippen LogP contribution < -0.4 is 14.8 Å². The average Bonchev–Trinajstić information content (AvgIpc) is 3.12. The van der Waals surface area contributed by atoms with Crippen LogP contribution in [-0.4, -0.2) is 19.1 Å². The summed E-state index contributed by atoms with van der Waals surface area (Å²) >= 11 is 6.14. The molecule has 0 spiro atoms. The van der Waals surface area contributed by atoms with Gasteiger partial charge in [0, 0.05) is 6.07 Å². The molecule has 0 atom stereocenters. The van der Waals surface area contributed by atoms with Gasteiger partial charge in [0.05, 0.1) is 29.5 Å². The fourth-order valence-electron chi connectivity index (χ4n) is 3.12. The zero-order valence-corrected chi connectivity index (χ0v) is 15.5. The highest BCUT2D eigenvalue weighted by Gasteiger charge is 2.22. The summed E-state index contributed by atoms with van der Waals surface area (Å²) in [5.41, 5.74) is 1.15. The maximum atomic E-state index is 14.5. The molecule has 1 aliphatic rings. The maximum Gasteiger partial charge on any atom is 0.258 e. The SMILES string of the molecule is COc1cc(F)c(C(=O)Nc2c(C)cccc2Cl)cc1OC1CCCC1. The molecule has 0 heterocycles. The van der Waals surface area contributed by atoms with Crippen LogP contribution in [-0.2, 0) is 0 Å². The molecule has 0 unspecified atom stereocenters. The Kier molecular flexibility index (Phi) is 5.67. The monoisotopic (exact) mass is 377 g/mol. The smallest absolute Gasteiger partial charge is 0.258 e. The van der Waals surface area contributed by atoms with Crippen LogP contribution in [0.3, 0.4) is 0 Å². The van der Waals surface area contributed by atoms with E-state index in [4.69, 9.17) is 21.1 Å². The summed E-state index contributed by atoms with van der Waals surface area (Å²) in [6, 6.07) is 7.85. The molecule has 2 aromatic rings. The minimum atomic E-state index is -0.678. The lowest BCUT2D eigenvalue weighted by Crippen LogP contribution is -2.17. The predicted molar refractivity (Wildman–Crippen MR) is 100.0 cm³/mol. The summed E-state index contributed by atoms with van der Waals surface area (Å²) in [7, 11) is 1.45. The van der Waals surface area contributed by atoms with Crippen molar-refractivity contribution in [1.82, 2.24) is 0 Å². The van der Waals surface area contributed by atoms with E-state index in [2.05, 4.69) is 5.32 Å². The molecule has 1 amide bonds. The minimum absolute atomic E-state index is 0.0658. The first-order valence-corrected chi connectivity index (χ1v) is 8.98. The number of aryl methyl sites for hydroxylation is 1. The zero-order chi connectivity index (χ0) is 18.7. The van der Waals surface area contributed by atoms with Gasteiger partial charge in [0.15, 0.2) is 11.5 Å². The van der Waals surface area contributed by atoms with Crippen molar-refractivity contribution in [2.75, 3.05) is 12.4 Å². The first-order valence-electron chi connectivity index (χ1n) is 8.60. The molecule has 1 N–H and O–H groups in total. The number of ether oxygens (including phenoxy) is 2. The number of amides is 1. The number of hydrogen-bond donors (Lipinski definition) is 1. The molecule has 0 radical (unpaired) electrons. The van der Waals surface area contributed by atoms with Crippen LogP contribution in [0.15, 0.2) is 30.3 Å². The Morgan fingerprint density at radius 2 is 1.96 bits per heavy atom. The fraction of sp³-hybridized carbons (Fsp3) is 0.350. The number of methoxy groups -OCH3 is 1. The number of carbonyl (C=O) groups is 1. The van der Waals surface area contributed by atoms with Crippen molar-refractivity contribution in [2.45, 2.75) is 38.7 Å². The van der Waals surface area contributed by atoms with E-state index < -0.39 is 11.7 Å². The van der Waals surface area contributed by atoms with Gasteiger partial charge in [-0.2, -0.15) is 0 Å². The molecule has 0 saturated heterocycles. The Hall–Kier alpha value is -2.27. The van der Waals surface area contributed by atoms with Gasteiger partial charge >= 0.3 is 0 Å². The Balaban J connectivity index is 1.89. The largest absolute Gasteiger partial charge is 0.493 e. The van der Waals surface area contributed by atoms with Gasteiger partial charge in [0.2, 0.25) is 0 Å². The van der Waals surface area contributed by atoms with Crippen molar-refractivity contribution in [3.63, 3.8) is 0 Å². The van der Waals surface area contributed by atoms with Gasteiger partial charge in [0.25, 0.3) is 5.91 Å². The third kappa shape index (κ3) is 3.93. The van der Waals surface area contributed by atoms with Crippen LogP contribution in [0, 0.1) is 12.7 Å². The van der Waals surface area contributed by atoms with Crippen LogP contribution >= 0.6 is 11.6 Å². The molecule has 138 valence electrons. The van der Waals surface area contributed by atoms with Crippen molar-refractivity contribution < 1.29 is 18.7 Å². The van der Waals surface area contributed by atoms with E-state index in [1.54, 1.807) is 12.1 Å². The number of hydrogen-bond acceptors (Lipinski definition) is 3. The highest BCUT2D eigenvalue weighted by molar-refractivity contribution is 6.34. The zero-order valence-electron chi connectivity index (χ0n) is 14.8. The molecule has 26 heavy (non-hydrogen) atoms. The lowest BCUT2D eigenvalue weighted by molar-refractivity contribution is 0.102. The van der Waals surface area contributed by atoms with Crippen LogP contribution in [0.1, 0.15) is 41.6 Å². The summed E-state index contributed by atoms with van der Waals surface area (Å²) in [6.07, 6.45) is 4.17. The number of para-hydroxylation sites is 1. The quantitative estimate of drug-likeness (QED) is 0.762. The maximum absolute atomic E-state index is 14.5. The molecule has 1 aliphatic carbocycles. The number of carbonyl (C=O) groups excluding carboxylic acids is 1. The molecule has 0 aromatic heterocycles. The van der Waals surface area contributed by atoms with Crippen molar-refractivity contribution >= 4 is 23.2 Å². The lowest BCUT2D eigenvalue weighted by atomic mass is 10.1. The molecule has 4 nitrogen and oxygen atoms in total. The summed E-state index contributed by atoms with van der Waals surface area (Å²) < 4.78 is 25.6. The van der Waals surface area contributed by atoms with Crippen molar-refractivity contribution in [3.8, 4) is 11.5 Å². The normalized spacial score (nSPS) is 14.3. The summed E-state index contributed by atoms with van der Waals surface area (Å²) in [5, 5.41) is 3.08. The molecule has 0 bridgehead atoms. The van der Waals surface area contributed by atoms with Crippen molar-refractivity contribution in [1.29, 1.82) is 0 Å². The van der Waals surface area contributed by atoms with E-state index in [1.807, 2.05) is 13.0 Å². The second-order valence-electron chi connectivity index (χ2n) is 6.39. The van der Waals surface area contributed by atoms with Crippen molar-refractivity contribution in [2.24, 2.45) is 0 Å². The van der Waals surface area contributed by atoms with Gasteiger partial charge in [-0.3, -0.25) is 4.79 Å². The summed E-state index contributed by atoms with van der Waals surface area (Å²) in [4.78, 5) is 12.6. The minimum Gasteiger partial charge on any atom is -0.493 e. The van der Waals surface area contributed by atoms with E-state index >= 15 is 0 Å². The van der Waals surface area contributed by atoms with Crippen molar-refractivity contribution in [3.05, 3.63) is 52.3 Å². The van der Waals surface area contributed by atoms with Gasteiger partial charge in [-0.05, 0) is 50.3 Å². The van der Waals surface area contributed by atoms with E-state index in [1.165, 1.54) is 19.2 Å². The average molecular weight is 378 g/mol. The van der Waals surface area contributed by atoms with Crippen LogP contribution in [0.5, 0.6) is 11.5 Å². The van der Waals surface area contributed by atoms with E-state index in [9.17, 15) is 9.18 Å². The Morgan fingerprint density at radius 1 is 1.23 bits per heavy atom. The lowest BCUT2D eigenvalue weighted by Gasteiger charge is -2.17. The van der Waals surface area contributed by atoms with E-state index in [0.29, 0.717) is 16.5 Å². The first kappa shape index (κ1) is 18.5. The van der Waals surface area contributed by atoms with E-state index in [-0.39, 0.29) is 17.4 Å². The first-order chi connectivity index (χ1) is 12.5. The number of anilines is 1. The Labute approximate surface area is 157 Å². The topological polar surface area (TPSA) is 47.6 Å². The fourth-order valence-corrected chi connectivity index (χ4v) is 3.39. The van der Waals surface area contributed by atoms with Gasteiger partial charge < -0.3 is 14.8 Å². The molecule has 0 aliphatic heterocycles. The number of halogens is 2. The molecular formula is C20H21ClFNO3. The third-order valence-electron chi connectivity index (χ3n) is 4.55. The number of rotatable bonds is 5. The second-order valence-corrected chi connectivity index (χ2v) is 6.80. The predicted octanol–water partition coefficient (Wildman–Crippen LogP) is 5.37.